The summed E-state index contributed by atoms with van der Waals surface area (Å²) in [6.07, 6.45) is 10.7. The Morgan fingerprint density at radius 2 is 1.90 bits per heavy atom. The van der Waals surface area contributed by atoms with E-state index in [0.29, 0.717) is 5.56 Å². The SMILES string of the molecule is C#Cc1ccc(C2CCCN2C(=O)c2ccncc2)cc1. The molecule has 1 aromatic carbocycles. The summed E-state index contributed by atoms with van der Waals surface area (Å²) in [7, 11) is 0. The van der Waals surface area contributed by atoms with Crippen LogP contribution in [0.4, 0.5) is 0 Å². The molecule has 0 spiro atoms. The summed E-state index contributed by atoms with van der Waals surface area (Å²) < 4.78 is 0. The van der Waals surface area contributed by atoms with Crippen LogP contribution in [0.15, 0.2) is 48.8 Å². The van der Waals surface area contributed by atoms with Crippen LogP contribution in [0.1, 0.15) is 40.4 Å². The van der Waals surface area contributed by atoms with E-state index >= 15 is 0 Å². The standard InChI is InChI=1S/C18H16N2O/c1-2-14-5-7-15(8-6-14)17-4-3-13-20(17)18(21)16-9-11-19-12-10-16/h1,5-12,17H,3-4,13H2. The van der Waals surface area contributed by atoms with Crippen LogP contribution in [-0.4, -0.2) is 22.3 Å². The van der Waals surface area contributed by atoms with Crippen molar-refractivity contribution in [2.75, 3.05) is 6.54 Å². The molecule has 3 rings (SSSR count). The molecule has 0 aliphatic carbocycles. The summed E-state index contributed by atoms with van der Waals surface area (Å²) in [6, 6.07) is 11.6. The van der Waals surface area contributed by atoms with Crippen molar-refractivity contribution >= 4 is 5.91 Å². The van der Waals surface area contributed by atoms with Crippen molar-refractivity contribution in [3.63, 3.8) is 0 Å². The number of carbonyl (C=O) groups is 1. The van der Waals surface area contributed by atoms with Gasteiger partial charge in [-0.25, -0.2) is 0 Å². The predicted molar refractivity (Wildman–Crippen MR) is 81.6 cm³/mol. The monoisotopic (exact) mass is 276 g/mol. The Balaban J connectivity index is 1.85. The summed E-state index contributed by atoms with van der Waals surface area (Å²) in [6.45, 7) is 0.794. The van der Waals surface area contributed by atoms with Crippen LogP contribution in [0.5, 0.6) is 0 Å². The minimum atomic E-state index is 0.0703. The lowest BCUT2D eigenvalue weighted by Gasteiger charge is -2.25. The maximum Gasteiger partial charge on any atom is 0.254 e. The number of nitrogens with zero attached hydrogens (tertiary/aromatic N) is 2. The minimum absolute atomic E-state index is 0.0703. The van der Waals surface area contributed by atoms with Gasteiger partial charge < -0.3 is 4.90 Å². The zero-order valence-corrected chi connectivity index (χ0v) is 11.7. The molecule has 1 aromatic heterocycles. The van der Waals surface area contributed by atoms with Crippen molar-refractivity contribution in [1.29, 1.82) is 0 Å². The number of hydrogen-bond acceptors (Lipinski definition) is 2. The molecule has 21 heavy (non-hydrogen) atoms. The zero-order valence-electron chi connectivity index (χ0n) is 11.7. The summed E-state index contributed by atoms with van der Waals surface area (Å²) in [5.41, 5.74) is 2.70. The van der Waals surface area contributed by atoms with Crippen LogP contribution in [0, 0.1) is 12.3 Å². The third-order valence-electron chi connectivity index (χ3n) is 3.90. The van der Waals surface area contributed by atoms with Gasteiger partial charge >= 0.3 is 0 Å². The smallest absolute Gasteiger partial charge is 0.254 e. The highest BCUT2D eigenvalue weighted by Crippen LogP contribution is 2.33. The first kappa shape index (κ1) is 13.4. The van der Waals surface area contributed by atoms with Crippen LogP contribution in [0.2, 0.25) is 0 Å². The maximum absolute atomic E-state index is 12.6. The molecule has 2 heterocycles. The molecule has 1 aliphatic rings. The topological polar surface area (TPSA) is 33.2 Å². The summed E-state index contributed by atoms with van der Waals surface area (Å²) in [5.74, 6) is 2.69. The average Bonchev–Trinajstić information content (AvgIpc) is 3.04. The normalized spacial score (nSPS) is 17.5. The lowest BCUT2D eigenvalue weighted by Crippen LogP contribution is -2.30. The Hall–Kier alpha value is -2.60. The Labute approximate surface area is 124 Å². The van der Waals surface area contributed by atoms with Gasteiger partial charge in [0.1, 0.15) is 0 Å². The van der Waals surface area contributed by atoms with Gasteiger partial charge in [-0.2, -0.15) is 0 Å². The highest BCUT2D eigenvalue weighted by molar-refractivity contribution is 5.94. The molecule has 1 saturated heterocycles. The van der Waals surface area contributed by atoms with Gasteiger partial charge in [-0.3, -0.25) is 9.78 Å². The van der Waals surface area contributed by atoms with Gasteiger partial charge in [0.25, 0.3) is 5.91 Å². The molecule has 104 valence electrons. The molecule has 1 atom stereocenters. The maximum atomic E-state index is 12.6. The third kappa shape index (κ3) is 2.66. The van der Waals surface area contributed by atoms with Crippen LogP contribution in [0.3, 0.4) is 0 Å². The number of carbonyl (C=O) groups excluding carboxylic acids is 1. The van der Waals surface area contributed by atoms with Crippen molar-refractivity contribution < 1.29 is 4.79 Å². The summed E-state index contributed by atoms with van der Waals surface area (Å²) in [4.78, 5) is 18.5. The fraction of sp³-hybridized carbons (Fsp3) is 0.222. The van der Waals surface area contributed by atoms with Crippen molar-refractivity contribution in [2.45, 2.75) is 18.9 Å². The van der Waals surface area contributed by atoms with Crippen LogP contribution in [0.25, 0.3) is 0 Å². The Morgan fingerprint density at radius 3 is 2.57 bits per heavy atom. The number of likely N-dealkylation sites (tertiary alicyclic amines) is 1. The lowest BCUT2D eigenvalue weighted by molar-refractivity contribution is 0.0735. The van der Waals surface area contributed by atoms with Gasteiger partial charge in [0.05, 0.1) is 6.04 Å². The minimum Gasteiger partial charge on any atom is -0.332 e. The molecule has 0 radical (unpaired) electrons. The summed E-state index contributed by atoms with van der Waals surface area (Å²) in [5, 5.41) is 0. The molecule has 2 aromatic rings. The molecule has 0 N–H and O–H groups in total. The Kier molecular flexibility index (Phi) is 3.70. The fourth-order valence-electron chi connectivity index (χ4n) is 2.82. The van der Waals surface area contributed by atoms with E-state index in [1.54, 1.807) is 24.5 Å². The van der Waals surface area contributed by atoms with E-state index in [2.05, 4.69) is 10.9 Å². The number of rotatable bonds is 2. The van der Waals surface area contributed by atoms with E-state index in [0.717, 1.165) is 30.5 Å². The Bertz CT molecular complexity index is 671. The van der Waals surface area contributed by atoms with E-state index in [1.807, 2.05) is 29.2 Å². The van der Waals surface area contributed by atoms with E-state index in [4.69, 9.17) is 6.42 Å². The first-order chi connectivity index (χ1) is 10.3. The Morgan fingerprint density at radius 1 is 1.19 bits per heavy atom. The molecule has 1 amide bonds. The third-order valence-corrected chi connectivity index (χ3v) is 3.90. The number of hydrogen-bond donors (Lipinski definition) is 0. The van der Waals surface area contributed by atoms with Crippen molar-refractivity contribution in [3.8, 4) is 12.3 Å². The average molecular weight is 276 g/mol. The second-order valence-corrected chi connectivity index (χ2v) is 5.16. The lowest BCUT2D eigenvalue weighted by atomic mass is 10.0. The van der Waals surface area contributed by atoms with Gasteiger partial charge in [-0.1, -0.05) is 18.1 Å². The quantitative estimate of drug-likeness (QED) is 0.790. The highest BCUT2D eigenvalue weighted by Gasteiger charge is 2.30. The number of terminal acetylenes is 1. The number of aromatic nitrogens is 1. The van der Waals surface area contributed by atoms with E-state index < -0.39 is 0 Å². The molecular formula is C18H16N2O. The highest BCUT2D eigenvalue weighted by atomic mass is 16.2. The van der Waals surface area contributed by atoms with E-state index in [9.17, 15) is 4.79 Å². The molecule has 0 bridgehead atoms. The fourth-order valence-corrected chi connectivity index (χ4v) is 2.82. The van der Waals surface area contributed by atoms with E-state index in [-0.39, 0.29) is 11.9 Å². The number of benzene rings is 1. The second-order valence-electron chi connectivity index (χ2n) is 5.16. The first-order valence-corrected chi connectivity index (χ1v) is 7.07. The molecule has 1 fully saturated rings. The number of amides is 1. The molecule has 1 aliphatic heterocycles. The number of pyridine rings is 1. The van der Waals surface area contributed by atoms with Crippen molar-refractivity contribution in [3.05, 3.63) is 65.5 Å². The zero-order chi connectivity index (χ0) is 14.7. The van der Waals surface area contributed by atoms with E-state index in [1.165, 1.54) is 0 Å². The van der Waals surface area contributed by atoms with Gasteiger partial charge in [0.15, 0.2) is 0 Å². The van der Waals surface area contributed by atoms with Crippen LogP contribution < -0.4 is 0 Å². The molecule has 1 unspecified atom stereocenters. The van der Waals surface area contributed by atoms with Gasteiger partial charge in [-0.05, 0) is 42.7 Å². The molecule has 3 heteroatoms. The molecular weight excluding hydrogens is 260 g/mol. The van der Waals surface area contributed by atoms with Crippen LogP contribution in [-0.2, 0) is 0 Å². The summed E-state index contributed by atoms with van der Waals surface area (Å²) >= 11 is 0. The van der Waals surface area contributed by atoms with Crippen molar-refractivity contribution in [2.24, 2.45) is 0 Å². The van der Waals surface area contributed by atoms with Gasteiger partial charge in [0.2, 0.25) is 0 Å². The molecule has 3 nitrogen and oxygen atoms in total. The first-order valence-electron chi connectivity index (χ1n) is 7.07. The largest absolute Gasteiger partial charge is 0.332 e. The molecule has 0 saturated carbocycles. The second kappa shape index (κ2) is 5.80. The van der Waals surface area contributed by atoms with Gasteiger partial charge in [0, 0.05) is 30.1 Å². The van der Waals surface area contributed by atoms with Crippen LogP contribution >= 0.6 is 0 Å². The predicted octanol–water partition coefficient (Wildman–Crippen LogP) is 3.04. The van der Waals surface area contributed by atoms with Crippen molar-refractivity contribution in [1.82, 2.24) is 9.88 Å². The van der Waals surface area contributed by atoms with Gasteiger partial charge in [-0.15, -0.1) is 6.42 Å².